The van der Waals surface area contributed by atoms with Gasteiger partial charge in [0.2, 0.25) is 11.8 Å². The smallest absolute Gasteiger partial charge is 0.337 e. The number of carbonyl (C=O) groups is 3. The van der Waals surface area contributed by atoms with Gasteiger partial charge in [0.1, 0.15) is 11.8 Å². The van der Waals surface area contributed by atoms with E-state index in [1.165, 1.54) is 13.4 Å². The van der Waals surface area contributed by atoms with Crippen molar-refractivity contribution in [2.45, 2.75) is 25.3 Å². The first-order chi connectivity index (χ1) is 12.1. The van der Waals surface area contributed by atoms with E-state index in [-0.39, 0.29) is 18.2 Å². The number of amides is 2. The molecule has 0 aliphatic carbocycles. The SMILES string of the molecule is COC(=O)c1ccc2c(c1)CCC(NC(=O)Cc1ccco1)C(=O)N2. The number of ether oxygens (including phenoxy) is 1. The number of rotatable bonds is 4. The summed E-state index contributed by atoms with van der Waals surface area (Å²) in [6, 6.07) is 7.74. The van der Waals surface area contributed by atoms with Crippen molar-refractivity contribution in [3.8, 4) is 0 Å². The molecule has 3 rings (SSSR count). The molecule has 2 amide bonds. The Balaban J connectivity index is 1.68. The van der Waals surface area contributed by atoms with E-state index in [4.69, 9.17) is 9.15 Å². The Morgan fingerprint density at radius 1 is 1.36 bits per heavy atom. The topological polar surface area (TPSA) is 97.6 Å². The van der Waals surface area contributed by atoms with E-state index >= 15 is 0 Å². The molecule has 130 valence electrons. The van der Waals surface area contributed by atoms with Crippen LogP contribution in [-0.2, 0) is 27.2 Å². The number of esters is 1. The van der Waals surface area contributed by atoms with Crippen molar-refractivity contribution in [3.63, 3.8) is 0 Å². The van der Waals surface area contributed by atoms with E-state index in [2.05, 4.69) is 10.6 Å². The van der Waals surface area contributed by atoms with Crippen molar-refractivity contribution in [1.82, 2.24) is 5.32 Å². The van der Waals surface area contributed by atoms with Crippen LogP contribution in [0, 0.1) is 0 Å². The second-order valence-corrected chi connectivity index (χ2v) is 5.77. The lowest BCUT2D eigenvalue weighted by Gasteiger charge is -2.14. The quantitative estimate of drug-likeness (QED) is 0.824. The Morgan fingerprint density at radius 2 is 2.20 bits per heavy atom. The van der Waals surface area contributed by atoms with Crippen molar-refractivity contribution in [2.24, 2.45) is 0 Å². The first kappa shape index (κ1) is 16.8. The zero-order valence-corrected chi connectivity index (χ0v) is 13.7. The fourth-order valence-corrected chi connectivity index (χ4v) is 2.77. The molecule has 0 fully saturated rings. The minimum Gasteiger partial charge on any atom is -0.469 e. The molecule has 25 heavy (non-hydrogen) atoms. The van der Waals surface area contributed by atoms with Crippen LogP contribution in [0.25, 0.3) is 0 Å². The van der Waals surface area contributed by atoms with Crippen LogP contribution in [0.2, 0.25) is 0 Å². The number of nitrogens with one attached hydrogen (secondary N) is 2. The molecule has 2 N–H and O–H groups in total. The first-order valence-electron chi connectivity index (χ1n) is 7.90. The largest absolute Gasteiger partial charge is 0.469 e. The van der Waals surface area contributed by atoms with Crippen LogP contribution in [0.1, 0.15) is 28.1 Å². The third-order valence-corrected chi connectivity index (χ3v) is 4.05. The lowest BCUT2D eigenvalue weighted by atomic mass is 10.0. The highest BCUT2D eigenvalue weighted by molar-refractivity contribution is 5.99. The van der Waals surface area contributed by atoms with Crippen LogP contribution in [0.3, 0.4) is 0 Å². The maximum atomic E-state index is 12.3. The molecule has 2 aromatic rings. The van der Waals surface area contributed by atoms with Gasteiger partial charge in [0, 0.05) is 5.69 Å². The summed E-state index contributed by atoms with van der Waals surface area (Å²) in [4.78, 5) is 36.1. The van der Waals surface area contributed by atoms with Crippen LogP contribution in [0.4, 0.5) is 5.69 Å². The van der Waals surface area contributed by atoms with Crippen molar-refractivity contribution in [1.29, 1.82) is 0 Å². The highest BCUT2D eigenvalue weighted by atomic mass is 16.5. The molecular formula is C18H18N2O5. The lowest BCUT2D eigenvalue weighted by Crippen LogP contribution is -2.43. The Morgan fingerprint density at radius 3 is 2.92 bits per heavy atom. The average Bonchev–Trinajstić information content (AvgIpc) is 3.05. The summed E-state index contributed by atoms with van der Waals surface area (Å²) in [7, 11) is 1.32. The molecule has 0 spiro atoms. The fraction of sp³-hybridized carbons (Fsp3) is 0.278. The Kier molecular flexibility index (Phi) is 4.83. The molecule has 1 aromatic heterocycles. The van der Waals surface area contributed by atoms with E-state index in [9.17, 15) is 14.4 Å². The van der Waals surface area contributed by atoms with E-state index in [0.29, 0.717) is 29.9 Å². The van der Waals surface area contributed by atoms with Gasteiger partial charge in [0.05, 0.1) is 25.4 Å². The van der Waals surface area contributed by atoms with Gasteiger partial charge in [-0.1, -0.05) is 0 Å². The Bertz CT molecular complexity index is 798. The first-order valence-corrected chi connectivity index (χ1v) is 7.90. The Labute approximate surface area is 144 Å². The van der Waals surface area contributed by atoms with Crippen molar-refractivity contribution >= 4 is 23.5 Å². The molecule has 7 nitrogen and oxygen atoms in total. The van der Waals surface area contributed by atoms with E-state index in [1.807, 2.05) is 0 Å². The number of methoxy groups -OCH3 is 1. The minimum atomic E-state index is -0.642. The van der Waals surface area contributed by atoms with E-state index in [0.717, 1.165) is 5.56 Å². The summed E-state index contributed by atoms with van der Waals surface area (Å²) < 4.78 is 9.85. The molecule has 0 saturated heterocycles. The standard InChI is InChI=1S/C18H18N2O5/c1-24-18(23)12-5-6-14-11(9-12)4-7-15(17(22)20-14)19-16(21)10-13-3-2-8-25-13/h2-3,5-6,8-9,15H,4,7,10H2,1H3,(H,19,21)(H,20,22). The van der Waals surface area contributed by atoms with E-state index < -0.39 is 12.0 Å². The average molecular weight is 342 g/mol. The second kappa shape index (κ2) is 7.21. The highest BCUT2D eigenvalue weighted by Crippen LogP contribution is 2.24. The molecule has 1 aliphatic rings. The number of furan rings is 1. The molecular weight excluding hydrogens is 324 g/mol. The third kappa shape index (κ3) is 3.88. The van der Waals surface area contributed by atoms with Crippen LogP contribution in [0.15, 0.2) is 41.0 Å². The van der Waals surface area contributed by atoms with Gasteiger partial charge in [-0.15, -0.1) is 0 Å². The normalized spacial score (nSPS) is 16.4. The molecule has 1 aromatic carbocycles. The molecule has 1 atom stereocenters. The van der Waals surface area contributed by atoms with Gasteiger partial charge in [-0.25, -0.2) is 4.79 Å². The zero-order chi connectivity index (χ0) is 17.8. The molecule has 0 saturated carbocycles. The van der Waals surface area contributed by atoms with Crippen molar-refractivity contribution < 1.29 is 23.5 Å². The Hall–Kier alpha value is -3.09. The minimum absolute atomic E-state index is 0.0796. The predicted octanol–water partition coefficient (Wildman–Crippen LogP) is 1.68. The predicted molar refractivity (Wildman–Crippen MR) is 89.1 cm³/mol. The van der Waals surface area contributed by atoms with Gasteiger partial charge in [-0.2, -0.15) is 0 Å². The van der Waals surface area contributed by atoms with Gasteiger partial charge in [0.15, 0.2) is 0 Å². The van der Waals surface area contributed by atoms with E-state index in [1.54, 1.807) is 30.3 Å². The van der Waals surface area contributed by atoms with Gasteiger partial charge < -0.3 is 19.8 Å². The highest BCUT2D eigenvalue weighted by Gasteiger charge is 2.26. The number of aryl methyl sites for hydroxylation is 1. The van der Waals surface area contributed by atoms with Crippen LogP contribution >= 0.6 is 0 Å². The summed E-state index contributed by atoms with van der Waals surface area (Å²) in [5.74, 6) is -0.451. The lowest BCUT2D eigenvalue weighted by molar-refractivity contribution is -0.126. The monoisotopic (exact) mass is 342 g/mol. The number of carbonyl (C=O) groups excluding carboxylic acids is 3. The number of benzene rings is 1. The maximum Gasteiger partial charge on any atom is 0.337 e. The zero-order valence-electron chi connectivity index (χ0n) is 13.7. The van der Waals surface area contributed by atoms with Crippen molar-refractivity contribution in [3.05, 3.63) is 53.5 Å². The third-order valence-electron chi connectivity index (χ3n) is 4.05. The number of anilines is 1. The van der Waals surface area contributed by atoms with Gasteiger partial charge in [-0.05, 0) is 48.7 Å². The van der Waals surface area contributed by atoms with Crippen LogP contribution < -0.4 is 10.6 Å². The molecule has 0 bridgehead atoms. The van der Waals surface area contributed by atoms with Crippen LogP contribution in [0.5, 0.6) is 0 Å². The van der Waals surface area contributed by atoms with Crippen molar-refractivity contribution in [2.75, 3.05) is 12.4 Å². The summed E-state index contributed by atoms with van der Waals surface area (Å²) in [5.41, 5.74) is 1.90. The maximum absolute atomic E-state index is 12.3. The summed E-state index contributed by atoms with van der Waals surface area (Å²) in [6.45, 7) is 0. The molecule has 1 unspecified atom stereocenters. The van der Waals surface area contributed by atoms with Gasteiger partial charge >= 0.3 is 5.97 Å². The number of fused-ring (bicyclic) bond motifs is 1. The molecule has 2 heterocycles. The number of hydrogen-bond acceptors (Lipinski definition) is 5. The molecule has 0 radical (unpaired) electrons. The van der Waals surface area contributed by atoms with Gasteiger partial charge in [-0.3, -0.25) is 9.59 Å². The summed E-state index contributed by atoms with van der Waals surface area (Å²) >= 11 is 0. The van der Waals surface area contributed by atoms with Gasteiger partial charge in [0.25, 0.3) is 0 Å². The summed E-state index contributed by atoms with van der Waals surface area (Å²) in [6.07, 6.45) is 2.56. The molecule has 7 heteroatoms. The van der Waals surface area contributed by atoms with Crippen LogP contribution in [-0.4, -0.2) is 30.9 Å². The molecule has 1 aliphatic heterocycles. The summed E-state index contributed by atoms with van der Waals surface area (Å²) in [5, 5.41) is 5.52. The fourth-order valence-electron chi connectivity index (χ4n) is 2.77. The second-order valence-electron chi connectivity index (χ2n) is 5.77. The number of hydrogen-bond donors (Lipinski definition) is 2.